The number of para-hydroxylation sites is 1. The van der Waals surface area contributed by atoms with E-state index in [1.807, 2.05) is 6.07 Å². The molecule has 0 bridgehead atoms. The van der Waals surface area contributed by atoms with E-state index in [2.05, 4.69) is 23.1 Å². The van der Waals surface area contributed by atoms with E-state index in [-0.39, 0.29) is 5.91 Å². The number of nitrogens with zero attached hydrogens (tertiary/aromatic N) is 2. The minimum atomic E-state index is -0.216. The van der Waals surface area contributed by atoms with Crippen LogP contribution < -0.4 is 5.73 Å². The lowest BCUT2D eigenvalue weighted by molar-refractivity contribution is -0.118. The van der Waals surface area contributed by atoms with Gasteiger partial charge >= 0.3 is 0 Å². The maximum absolute atomic E-state index is 10.9. The molecule has 1 unspecified atom stereocenters. The second-order valence-corrected chi connectivity index (χ2v) is 6.44. The number of benzene rings is 1. The Kier molecular flexibility index (Phi) is 3.98. The smallest absolute Gasteiger partial charge is 0.218 e. The van der Waals surface area contributed by atoms with Gasteiger partial charge in [-0.25, -0.2) is 4.98 Å². The number of carbonyl (C=O) groups is 1. The zero-order valence-electron chi connectivity index (χ0n) is 11.4. The van der Waals surface area contributed by atoms with Crippen molar-refractivity contribution in [2.24, 2.45) is 5.73 Å². The molecular formula is C15H19N3OS. The molecule has 0 aliphatic carbocycles. The van der Waals surface area contributed by atoms with Gasteiger partial charge in [-0.2, -0.15) is 0 Å². The summed E-state index contributed by atoms with van der Waals surface area (Å²) >= 11 is 1.80. The maximum Gasteiger partial charge on any atom is 0.218 e. The molecule has 20 heavy (non-hydrogen) atoms. The fraction of sp³-hybridized carbons (Fsp3) is 0.467. The number of hydrogen-bond donors (Lipinski definition) is 1. The topological polar surface area (TPSA) is 59.2 Å². The molecule has 1 fully saturated rings. The number of carbonyl (C=O) groups excluding carboxylic acids is 1. The van der Waals surface area contributed by atoms with Crippen molar-refractivity contribution in [3.63, 3.8) is 0 Å². The van der Waals surface area contributed by atoms with Crippen molar-refractivity contribution in [1.29, 1.82) is 0 Å². The third kappa shape index (κ3) is 2.99. The standard InChI is InChI=1S/C15H19N3OS/c16-14(19)7-9-18-8-3-4-11(10-18)15-17-12-5-1-2-6-13(12)20-15/h1-2,5-6,11H,3-4,7-10H2,(H2,16,19). The summed E-state index contributed by atoms with van der Waals surface area (Å²) in [6, 6.07) is 8.30. The maximum atomic E-state index is 10.9. The predicted octanol–water partition coefficient (Wildman–Crippen LogP) is 2.35. The van der Waals surface area contributed by atoms with Crippen LogP contribution in [-0.4, -0.2) is 35.4 Å². The van der Waals surface area contributed by atoms with Crippen LogP contribution in [0, 0.1) is 0 Å². The van der Waals surface area contributed by atoms with Gasteiger partial charge in [-0.1, -0.05) is 12.1 Å². The first-order chi connectivity index (χ1) is 9.72. The second kappa shape index (κ2) is 5.89. The third-order valence-electron chi connectivity index (χ3n) is 3.84. The van der Waals surface area contributed by atoms with E-state index in [1.54, 1.807) is 11.3 Å². The van der Waals surface area contributed by atoms with Crippen LogP contribution in [0.2, 0.25) is 0 Å². The normalized spacial score (nSPS) is 20.3. The lowest BCUT2D eigenvalue weighted by Crippen LogP contribution is -2.36. The molecule has 1 aliphatic heterocycles. The van der Waals surface area contributed by atoms with Crippen LogP contribution in [0.5, 0.6) is 0 Å². The molecule has 0 spiro atoms. The number of likely N-dealkylation sites (tertiary alicyclic amines) is 1. The Balaban J connectivity index is 1.71. The van der Waals surface area contributed by atoms with Crippen LogP contribution in [0.25, 0.3) is 10.2 Å². The van der Waals surface area contributed by atoms with Gasteiger partial charge in [-0.05, 0) is 31.5 Å². The predicted molar refractivity (Wildman–Crippen MR) is 81.8 cm³/mol. The van der Waals surface area contributed by atoms with E-state index in [4.69, 9.17) is 10.7 Å². The summed E-state index contributed by atoms with van der Waals surface area (Å²) in [6.45, 7) is 2.83. The number of nitrogens with two attached hydrogens (primary N) is 1. The Morgan fingerprint density at radius 2 is 2.30 bits per heavy atom. The Hall–Kier alpha value is -1.46. The zero-order valence-corrected chi connectivity index (χ0v) is 12.2. The summed E-state index contributed by atoms with van der Waals surface area (Å²) in [6.07, 6.45) is 2.80. The van der Waals surface area contributed by atoms with E-state index < -0.39 is 0 Å². The summed E-state index contributed by atoms with van der Waals surface area (Å²) in [5.74, 6) is 0.279. The van der Waals surface area contributed by atoms with E-state index in [9.17, 15) is 4.79 Å². The van der Waals surface area contributed by atoms with Crippen molar-refractivity contribution in [2.75, 3.05) is 19.6 Å². The van der Waals surface area contributed by atoms with Crippen molar-refractivity contribution in [3.8, 4) is 0 Å². The molecule has 2 aromatic rings. The molecule has 5 heteroatoms. The molecule has 1 aromatic carbocycles. The molecule has 4 nitrogen and oxygen atoms in total. The average molecular weight is 289 g/mol. The molecular weight excluding hydrogens is 270 g/mol. The van der Waals surface area contributed by atoms with Crippen LogP contribution >= 0.6 is 11.3 Å². The lowest BCUT2D eigenvalue weighted by atomic mass is 9.98. The Bertz CT molecular complexity index is 577. The van der Waals surface area contributed by atoms with E-state index in [0.717, 1.165) is 25.2 Å². The molecule has 2 N–H and O–H groups in total. The van der Waals surface area contributed by atoms with Crippen LogP contribution in [-0.2, 0) is 4.79 Å². The monoisotopic (exact) mass is 289 g/mol. The highest BCUT2D eigenvalue weighted by Crippen LogP contribution is 2.32. The fourth-order valence-corrected chi connectivity index (χ4v) is 3.89. The van der Waals surface area contributed by atoms with Gasteiger partial charge in [0, 0.05) is 25.4 Å². The summed E-state index contributed by atoms with van der Waals surface area (Å²) in [7, 11) is 0. The second-order valence-electron chi connectivity index (χ2n) is 5.38. The highest BCUT2D eigenvalue weighted by atomic mass is 32.1. The molecule has 0 saturated carbocycles. The van der Waals surface area contributed by atoms with Gasteiger partial charge in [0.1, 0.15) is 0 Å². The first-order valence-corrected chi connectivity index (χ1v) is 7.90. The molecule has 3 rings (SSSR count). The van der Waals surface area contributed by atoms with Gasteiger partial charge in [-0.3, -0.25) is 4.79 Å². The molecule has 1 saturated heterocycles. The molecule has 1 aromatic heterocycles. The number of piperidine rings is 1. The van der Waals surface area contributed by atoms with Crippen molar-refractivity contribution in [2.45, 2.75) is 25.2 Å². The minimum absolute atomic E-state index is 0.216. The van der Waals surface area contributed by atoms with Gasteiger partial charge < -0.3 is 10.6 Å². The largest absolute Gasteiger partial charge is 0.370 e. The Morgan fingerprint density at radius 1 is 1.45 bits per heavy atom. The number of fused-ring (bicyclic) bond motifs is 1. The first-order valence-electron chi connectivity index (χ1n) is 7.08. The highest BCUT2D eigenvalue weighted by molar-refractivity contribution is 7.18. The van der Waals surface area contributed by atoms with E-state index >= 15 is 0 Å². The van der Waals surface area contributed by atoms with Crippen LogP contribution in [0.4, 0.5) is 0 Å². The van der Waals surface area contributed by atoms with Crippen molar-refractivity contribution >= 4 is 27.5 Å². The molecule has 2 heterocycles. The number of amides is 1. The summed E-state index contributed by atoms with van der Waals surface area (Å²) in [4.78, 5) is 18.0. The van der Waals surface area contributed by atoms with Gasteiger partial charge in [0.25, 0.3) is 0 Å². The average Bonchev–Trinajstić information content (AvgIpc) is 2.89. The third-order valence-corrected chi connectivity index (χ3v) is 5.04. The van der Waals surface area contributed by atoms with Crippen molar-refractivity contribution in [1.82, 2.24) is 9.88 Å². The van der Waals surface area contributed by atoms with Crippen LogP contribution in [0.15, 0.2) is 24.3 Å². The summed E-state index contributed by atoms with van der Waals surface area (Å²) in [5, 5.41) is 1.23. The molecule has 1 amide bonds. The quantitative estimate of drug-likeness (QED) is 0.940. The minimum Gasteiger partial charge on any atom is -0.370 e. The lowest BCUT2D eigenvalue weighted by Gasteiger charge is -2.31. The summed E-state index contributed by atoms with van der Waals surface area (Å²) < 4.78 is 1.26. The van der Waals surface area contributed by atoms with Gasteiger partial charge in [0.2, 0.25) is 5.91 Å². The Labute approximate surface area is 122 Å². The Morgan fingerprint density at radius 3 is 3.10 bits per heavy atom. The van der Waals surface area contributed by atoms with E-state index in [0.29, 0.717) is 12.3 Å². The molecule has 106 valence electrons. The van der Waals surface area contributed by atoms with Gasteiger partial charge in [0.05, 0.1) is 15.2 Å². The van der Waals surface area contributed by atoms with Gasteiger partial charge in [-0.15, -0.1) is 11.3 Å². The number of thiazole rings is 1. The molecule has 1 aliphatic rings. The number of aromatic nitrogens is 1. The molecule has 1 atom stereocenters. The molecule has 0 radical (unpaired) electrons. The van der Waals surface area contributed by atoms with E-state index in [1.165, 1.54) is 22.5 Å². The SMILES string of the molecule is NC(=O)CCN1CCCC(c2nc3ccccc3s2)C1. The van der Waals surface area contributed by atoms with Crippen molar-refractivity contribution < 1.29 is 4.79 Å². The van der Waals surface area contributed by atoms with Crippen LogP contribution in [0.3, 0.4) is 0 Å². The van der Waals surface area contributed by atoms with Crippen molar-refractivity contribution in [3.05, 3.63) is 29.3 Å². The number of primary amides is 1. The zero-order chi connectivity index (χ0) is 13.9. The number of rotatable bonds is 4. The summed E-state index contributed by atoms with van der Waals surface area (Å²) in [5.41, 5.74) is 6.33. The van der Waals surface area contributed by atoms with Gasteiger partial charge in [0.15, 0.2) is 0 Å². The van der Waals surface area contributed by atoms with Crippen LogP contribution in [0.1, 0.15) is 30.2 Å². The number of hydrogen-bond acceptors (Lipinski definition) is 4. The fourth-order valence-electron chi connectivity index (χ4n) is 2.79. The first kappa shape index (κ1) is 13.5. The highest BCUT2D eigenvalue weighted by Gasteiger charge is 2.24.